The van der Waals surface area contributed by atoms with Gasteiger partial charge in [-0.15, -0.1) is 0 Å². The average molecular weight is 503 g/mol. The summed E-state index contributed by atoms with van der Waals surface area (Å²) in [5, 5.41) is 2.75. The molecule has 0 aliphatic heterocycles. The first-order valence-corrected chi connectivity index (χ1v) is 11.9. The van der Waals surface area contributed by atoms with Crippen LogP contribution in [0.25, 0.3) is 0 Å². The quantitative estimate of drug-likeness (QED) is 0.470. The van der Waals surface area contributed by atoms with E-state index in [0.29, 0.717) is 23.7 Å². The lowest BCUT2D eigenvalue weighted by Gasteiger charge is -2.24. The van der Waals surface area contributed by atoms with Gasteiger partial charge in [0.15, 0.2) is 0 Å². The van der Waals surface area contributed by atoms with Crippen molar-refractivity contribution in [1.29, 1.82) is 0 Å². The summed E-state index contributed by atoms with van der Waals surface area (Å²) in [7, 11) is -3.99. The monoisotopic (exact) mass is 502 g/mol. The highest BCUT2D eigenvalue weighted by Crippen LogP contribution is 2.26. The van der Waals surface area contributed by atoms with E-state index < -0.39 is 15.9 Å². The number of anilines is 2. The van der Waals surface area contributed by atoms with E-state index in [1.54, 1.807) is 42.5 Å². The molecule has 31 heavy (non-hydrogen) atoms. The molecule has 0 aliphatic carbocycles. The molecule has 8 heteroatoms. The van der Waals surface area contributed by atoms with Crippen molar-refractivity contribution in [3.63, 3.8) is 0 Å². The maximum atomic E-state index is 13.4. The number of benzene rings is 3. The van der Waals surface area contributed by atoms with Crippen LogP contribution in [-0.4, -0.2) is 27.5 Å². The smallest absolute Gasteiger partial charge is 0.264 e. The molecule has 0 saturated carbocycles. The van der Waals surface area contributed by atoms with E-state index in [4.69, 9.17) is 4.74 Å². The summed E-state index contributed by atoms with van der Waals surface area (Å²) in [6, 6.07) is 20.3. The van der Waals surface area contributed by atoms with E-state index in [1.165, 1.54) is 12.1 Å². The van der Waals surface area contributed by atoms with Gasteiger partial charge in [-0.2, -0.15) is 0 Å². The minimum Gasteiger partial charge on any atom is -0.494 e. The molecule has 0 spiro atoms. The molecule has 1 N–H and O–H groups in total. The highest BCUT2D eigenvalue weighted by molar-refractivity contribution is 9.10. The largest absolute Gasteiger partial charge is 0.494 e. The predicted molar refractivity (Wildman–Crippen MR) is 126 cm³/mol. The third kappa shape index (κ3) is 5.86. The molecule has 0 atom stereocenters. The van der Waals surface area contributed by atoms with E-state index in [2.05, 4.69) is 21.2 Å². The number of nitrogens with one attached hydrogen (secondary N) is 1. The van der Waals surface area contributed by atoms with Crippen molar-refractivity contribution in [1.82, 2.24) is 0 Å². The molecule has 0 radical (unpaired) electrons. The molecule has 1 amide bonds. The van der Waals surface area contributed by atoms with Gasteiger partial charge in [0, 0.05) is 10.2 Å². The van der Waals surface area contributed by atoms with Crippen LogP contribution in [0.1, 0.15) is 12.5 Å². The third-order valence-electron chi connectivity index (χ3n) is 4.44. The maximum absolute atomic E-state index is 13.4. The standard InChI is InChI=1S/C23H23BrN2O4S/c1-3-30-21-11-13-22(14-12-21)31(28,29)26(20-9-7-17(2)8-10-20)16-23(27)25-19-6-4-5-18(24)15-19/h4-15H,3,16H2,1-2H3,(H,25,27). The summed E-state index contributed by atoms with van der Waals surface area (Å²) in [5.74, 6) is 0.129. The van der Waals surface area contributed by atoms with Crippen LogP contribution in [0.4, 0.5) is 11.4 Å². The van der Waals surface area contributed by atoms with Crippen LogP contribution in [0.2, 0.25) is 0 Å². The van der Waals surface area contributed by atoms with Crippen molar-refractivity contribution < 1.29 is 17.9 Å². The summed E-state index contributed by atoms with van der Waals surface area (Å²) in [6.45, 7) is 3.88. The minimum absolute atomic E-state index is 0.0757. The number of aryl methyl sites for hydroxylation is 1. The zero-order valence-electron chi connectivity index (χ0n) is 17.2. The van der Waals surface area contributed by atoms with Gasteiger partial charge in [0.2, 0.25) is 5.91 Å². The number of ether oxygens (including phenoxy) is 1. The average Bonchev–Trinajstić information content (AvgIpc) is 2.73. The number of nitrogens with zero attached hydrogens (tertiary/aromatic N) is 1. The fourth-order valence-electron chi connectivity index (χ4n) is 2.92. The first kappa shape index (κ1) is 22.8. The first-order valence-electron chi connectivity index (χ1n) is 9.67. The fourth-order valence-corrected chi connectivity index (χ4v) is 4.75. The molecule has 3 aromatic rings. The van der Waals surface area contributed by atoms with Crippen LogP contribution in [0.3, 0.4) is 0 Å². The first-order chi connectivity index (χ1) is 14.8. The number of amides is 1. The second-order valence-corrected chi connectivity index (χ2v) is 9.59. The van der Waals surface area contributed by atoms with Gasteiger partial charge < -0.3 is 10.1 Å². The van der Waals surface area contributed by atoms with Gasteiger partial charge in [-0.25, -0.2) is 8.42 Å². The van der Waals surface area contributed by atoms with Crippen LogP contribution >= 0.6 is 15.9 Å². The Morgan fingerprint density at radius 1 is 1.03 bits per heavy atom. The number of sulfonamides is 1. The number of rotatable bonds is 8. The zero-order valence-corrected chi connectivity index (χ0v) is 19.6. The Balaban J connectivity index is 1.92. The number of hydrogen-bond donors (Lipinski definition) is 1. The summed E-state index contributed by atoms with van der Waals surface area (Å²) in [5.41, 5.74) is 1.96. The maximum Gasteiger partial charge on any atom is 0.264 e. The normalized spacial score (nSPS) is 11.1. The Kier molecular flexibility index (Phi) is 7.35. The molecular weight excluding hydrogens is 480 g/mol. The Morgan fingerprint density at radius 2 is 1.71 bits per heavy atom. The topological polar surface area (TPSA) is 75.7 Å². The van der Waals surface area contributed by atoms with Crippen LogP contribution in [0.15, 0.2) is 82.2 Å². The molecule has 0 unspecified atom stereocenters. The Labute approximate surface area is 191 Å². The van der Waals surface area contributed by atoms with Gasteiger partial charge >= 0.3 is 0 Å². The molecule has 0 bridgehead atoms. The SMILES string of the molecule is CCOc1ccc(S(=O)(=O)N(CC(=O)Nc2cccc(Br)c2)c2ccc(C)cc2)cc1. The second-order valence-electron chi connectivity index (χ2n) is 6.81. The molecular formula is C23H23BrN2O4S. The summed E-state index contributed by atoms with van der Waals surface area (Å²) < 4.78 is 34.2. The van der Waals surface area contributed by atoms with Crippen molar-refractivity contribution in [3.05, 3.63) is 82.8 Å². The predicted octanol–water partition coefficient (Wildman–Crippen LogP) is 4.99. The van der Waals surface area contributed by atoms with Crippen molar-refractivity contribution >= 4 is 43.2 Å². The van der Waals surface area contributed by atoms with Crippen molar-refractivity contribution in [3.8, 4) is 5.75 Å². The Bertz CT molecular complexity index is 1150. The number of carbonyl (C=O) groups is 1. The van der Waals surface area contributed by atoms with Gasteiger partial charge in [-0.3, -0.25) is 9.10 Å². The number of halogens is 1. The van der Waals surface area contributed by atoms with Gasteiger partial charge in [0.1, 0.15) is 12.3 Å². The molecule has 0 fully saturated rings. The van der Waals surface area contributed by atoms with E-state index in [9.17, 15) is 13.2 Å². The highest BCUT2D eigenvalue weighted by atomic mass is 79.9. The van der Waals surface area contributed by atoms with E-state index in [-0.39, 0.29) is 11.4 Å². The molecule has 0 aromatic heterocycles. The molecule has 162 valence electrons. The zero-order chi connectivity index (χ0) is 22.4. The van der Waals surface area contributed by atoms with Crippen LogP contribution in [-0.2, 0) is 14.8 Å². The molecule has 3 aromatic carbocycles. The highest BCUT2D eigenvalue weighted by Gasteiger charge is 2.27. The molecule has 0 saturated heterocycles. The van der Waals surface area contributed by atoms with Crippen LogP contribution < -0.4 is 14.4 Å². The second kappa shape index (κ2) is 9.98. The van der Waals surface area contributed by atoms with Gasteiger partial charge in [0.25, 0.3) is 10.0 Å². The van der Waals surface area contributed by atoms with Crippen molar-refractivity contribution in [2.75, 3.05) is 22.8 Å². The summed E-state index contributed by atoms with van der Waals surface area (Å²) in [6.07, 6.45) is 0. The lowest BCUT2D eigenvalue weighted by Crippen LogP contribution is -2.38. The van der Waals surface area contributed by atoms with Crippen LogP contribution in [0, 0.1) is 6.92 Å². The Morgan fingerprint density at radius 3 is 2.32 bits per heavy atom. The lowest BCUT2D eigenvalue weighted by atomic mass is 10.2. The van der Waals surface area contributed by atoms with Crippen LogP contribution in [0.5, 0.6) is 5.75 Å². The molecule has 6 nitrogen and oxygen atoms in total. The third-order valence-corrected chi connectivity index (χ3v) is 6.72. The molecule has 0 aliphatic rings. The van der Waals surface area contributed by atoms with Gasteiger partial charge in [-0.1, -0.05) is 39.7 Å². The molecule has 3 rings (SSSR count). The summed E-state index contributed by atoms with van der Waals surface area (Å²) in [4.78, 5) is 12.8. The van der Waals surface area contributed by atoms with E-state index in [1.807, 2.05) is 32.0 Å². The van der Waals surface area contributed by atoms with E-state index in [0.717, 1.165) is 14.3 Å². The van der Waals surface area contributed by atoms with Gasteiger partial charge in [0.05, 0.1) is 17.2 Å². The Hall–Kier alpha value is -2.84. The lowest BCUT2D eigenvalue weighted by molar-refractivity contribution is -0.114. The number of hydrogen-bond acceptors (Lipinski definition) is 4. The minimum atomic E-state index is -3.99. The molecule has 0 heterocycles. The van der Waals surface area contributed by atoms with Crippen molar-refractivity contribution in [2.24, 2.45) is 0 Å². The fraction of sp³-hybridized carbons (Fsp3) is 0.174. The van der Waals surface area contributed by atoms with E-state index >= 15 is 0 Å². The van der Waals surface area contributed by atoms with Gasteiger partial charge in [-0.05, 0) is 68.4 Å². The summed E-state index contributed by atoms with van der Waals surface area (Å²) >= 11 is 3.36. The number of carbonyl (C=O) groups excluding carboxylic acids is 1. The van der Waals surface area contributed by atoms with Crippen molar-refractivity contribution in [2.45, 2.75) is 18.7 Å².